The number of amides is 1. The number of anilines is 1. The lowest BCUT2D eigenvalue weighted by Crippen LogP contribution is -2.24. The first kappa shape index (κ1) is 19.5. The molecule has 1 N–H and O–H groups in total. The van der Waals surface area contributed by atoms with Gasteiger partial charge >= 0.3 is 0 Å². The van der Waals surface area contributed by atoms with E-state index in [0.717, 1.165) is 15.7 Å². The van der Waals surface area contributed by atoms with Crippen LogP contribution in [0.4, 0.5) is 5.69 Å². The summed E-state index contributed by atoms with van der Waals surface area (Å²) < 4.78 is 6.27. The third-order valence-corrected chi connectivity index (χ3v) is 3.96. The summed E-state index contributed by atoms with van der Waals surface area (Å²) in [5.41, 5.74) is 4.30. The second kappa shape index (κ2) is 10.2. The van der Waals surface area contributed by atoms with E-state index in [1.54, 1.807) is 18.3 Å². The number of carbonyl (C=O) groups excluding carboxylic acids is 1. The van der Waals surface area contributed by atoms with Crippen molar-refractivity contribution in [2.45, 2.75) is 6.42 Å². The first-order valence-electron chi connectivity index (χ1n) is 7.97. The molecule has 0 aliphatic heterocycles. The Morgan fingerprint density at radius 1 is 1.35 bits per heavy atom. The third-order valence-electron chi connectivity index (χ3n) is 3.46. The quantitative estimate of drug-likeness (QED) is 0.530. The topological polar surface area (TPSA) is 77.7 Å². The largest absolute Gasteiger partial charge is 0.484 e. The molecule has 0 radical (unpaired) electrons. The fraction of sp³-hybridized carbons (Fsp3) is 0.211. The monoisotopic (exact) mass is 414 g/mol. The van der Waals surface area contributed by atoms with E-state index in [4.69, 9.17) is 10.00 Å². The van der Waals surface area contributed by atoms with Crippen molar-refractivity contribution in [1.82, 2.24) is 5.43 Å². The van der Waals surface area contributed by atoms with E-state index >= 15 is 0 Å². The number of hydrogen-bond acceptors (Lipinski definition) is 5. The molecule has 1 amide bonds. The van der Waals surface area contributed by atoms with Gasteiger partial charge in [0.1, 0.15) is 5.75 Å². The molecule has 0 heterocycles. The Morgan fingerprint density at radius 3 is 2.81 bits per heavy atom. The molecule has 0 atom stereocenters. The van der Waals surface area contributed by atoms with E-state index < -0.39 is 0 Å². The summed E-state index contributed by atoms with van der Waals surface area (Å²) in [6.07, 6.45) is 2.05. The van der Waals surface area contributed by atoms with Gasteiger partial charge in [-0.2, -0.15) is 10.4 Å². The average molecular weight is 415 g/mol. The molecule has 2 aromatic rings. The fourth-order valence-corrected chi connectivity index (χ4v) is 2.46. The van der Waals surface area contributed by atoms with Crippen molar-refractivity contribution in [1.29, 1.82) is 5.26 Å². The van der Waals surface area contributed by atoms with Gasteiger partial charge in [-0.15, -0.1) is 0 Å². The van der Waals surface area contributed by atoms with Gasteiger partial charge in [-0.3, -0.25) is 4.79 Å². The Labute approximate surface area is 161 Å². The van der Waals surface area contributed by atoms with Crippen LogP contribution in [0.2, 0.25) is 0 Å². The summed E-state index contributed by atoms with van der Waals surface area (Å²) in [7, 11) is 1.94. The lowest BCUT2D eigenvalue weighted by molar-refractivity contribution is -0.123. The lowest BCUT2D eigenvalue weighted by Gasteiger charge is -2.17. The van der Waals surface area contributed by atoms with Gasteiger partial charge in [0.2, 0.25) is 0 Å². The van der Waals surface area contributed by atoms with Crippen LogP contribution >= 0.6 is 15.9 Å². The van der Waals surface area contributed by atoms with Crippen molar-refractivity contribution in [3.63, 3.8) is 0 Å². The van der Waals surface area contributed by atoms with Crippen LogP contribution in [-0.4, -0.2) is 32.3 Å². The highest BCUT2D eigenvalue weighted by Gasteiger charge is 2.02. The Bertz CT molecular complexity index is 800. The van der Waals surface area contributed by atoms with Crippen LogP contribution in [0.3, 0.4) is 0 Å². The molecule has 0 aliphatic rings. The summed E-state index contributed by atoms with van der Waals surface area (Å²) in [5, 5.41) is 12.5. The van der Waals surface area contributed by atoms with Crippen molar-refractivity contribution in [2.75, 3.05) is 25.1 Å². The predicted octanol–water partition coefficient (Wildman–Crippen LogP) is 3.33. The Hall–Kier alpha value is -2.85. The zero-order valence-electron chi connectivity index (χ0n) is 14.4. The van der Waals surface area contributed by atoms with Crippen molar-refractivity contribution in [3.05, 3.63) is 58.6 Å². The molecule has 0 saturated carbocycles. The molecule has 0 spiro atoms. The number of nitriles is 1. The summed E-state index contributed by atoms with van der Waals surface area (Å²) >= 11 is 3.34. The zero-order valence-corrected chi connectivity index (χ0v) is 15.9. The highest BCUT2D eigenvalue weighted by Crippen LogP contribution is 2.17. The molecule has 0 saturated heterocycles. The molecular weight excluding hydrogens is 396 g/mol. The van der Waals surface area contributed by atoms with Crippen LogP contribution in [0, 0.1) is 11.3 Å². The summed E-state index contributed by atoms with van der Waals surface area (Å²) in [5.74, 6) is 0.267. The van der Waals surface area contributed by atoms with Gasteiger partial charge in [0.15, 0.2) is 6.61 Å². The SMILES string of the molecule is CN(CCC#N)c1ccc(/C=N\NC(=O)COc2cccc(Br)c2)cc1. The van der Waals surface area contributed by atoms with Crippen molar-refractivity contribution >= 4 is 33.7 Å². The number of ether oxygens (including phenoxy) is 1. The van der Waals surface area contributed by atoms with Crippen molar-refractivity contribution in [3.8, 4) is 11.8 Å². The second-order valence-electron chi connectivity index (χ2n) is 5.46. The van der Waals surface area contributed by atoms with Crippen LogP contribution in [-0.2, 0) is 4.79 Å². The first-order chi connectivity index (χ1) is 12.6. The molecule has 0 unspecified atom stereocenters. The van der Waals surface area contributed by atoms with Gasteiger partial charge in [-0.1, -0.05) is 34.1 Å². The number of hydrazone groups is 1. The van der Waals surface area contributed by atoms with Crippen LogP contribution in [0.1, 0.15) is 12.0 Å². The van der Waals surface area contributed by atoms with E-state index in [2.05, 4.69) is 32.5 Å². The van der Waals surface area contributed by atoms with Gasteiger partial charge in [0.05, 0.1) is 18.7 Å². The summed E-state index contributed by atoms with van der Waals surface area (Å²) in [6, 6.07) is 17.1. The predicted molar refractivity (Wildman–Crippen MR) is 105 cm³/mol. The molecule has 0 bridgehead atoms. The second-order valence-corrected chi connectivity index (χ2v) is 6.38. The molecule has 7 heteroatoms. The number of nitrogens with zero attached hydrogens (tertiary/aromatic N) is 3. The number of nitrogens with one attached hydrogen (secondary N) is 1. The molecule has 2 rings (SSSR count). The molecule has 0 aromatic heterocycles. The molecule has 0 fully saturated rings. The number of rotatable bonds is 8. The van der Waals surface area contributed by atoms with Crippen molar-refractivity contribution < 1.29 is 9.53 Å². The van der Waals surface area contributed by atoms with E-state index in [1.807, 2.05) is 48.3 Å². The maximum Gasteiger partial charge on any atom is 0.277 e. The normalized spacial score (nSPS) is 10.3. The average Bonchev–Trinajstić information content (AvgIpc) is 2.65. The van der Waals surface area contributed by atoms with Crippen molar-refractivity contribution in [2.24, 2.45) is 5.10 Å². The standard InChI is InChI=1S/C19H19BrN4O2/c1-24(11-3-10-21)17-8-6-15(7-9-17)13-22-23-19(25)14-26-18-5-2-4-16(20)12-18/h2,4-9,12-13H,3,11,14H2,1H3,(H,23,25)/b22-13-. The Balaban J connectivity index is 1.78. The molecule has 2 aromatic carbocycles. The minimum Gasteiger partial charge on any atom is -0.484 e. The number of halogens is 1. The van der Waals surface area contributed by atoms with E-state index in [-0.39, 0.29) is 12.5 Å². The summed E-state index contributed by atoms with van der Waals surface area (Å²) in [6.45, 7) is 0.564. The van der Waals surface area contributed by atoms with E-state index in [0.29, 0.717) is 18.7 Å². The van der Waals surface area contributed by atoms with Gasteiger partial charge < -0.3 is 9.64 Å². The minimum absolute atomic E-state index is 0.115. The molecule has 0 aliphatic carbocycles. The van der Waals surface area contributed by atoms with Gasteiger partial charge in [-0.05, 0) is 35.9 Å². The van der Waals surface area contributed by atoms with Crippen LogP contribution in [0.5, 0.6) is 5.75 Å². The van der Waals surface area contributed by atoms with Gasteiger partial charge in [0, 0.05) is 23.8 Å². The molecule has 26 heavy (non-hydrogen) atoms. The molecule has 134 valence electrons. The lowest BCUT2D eigenvalue weighted by atomic mass is 10.2. The van der Waals surface area contributed by atoms with Gasteiger partial charge in [0.25, 0.3) is 5.91 Å². The van der Waals surface area contributed by atoms with Crippen LogP contribution in [0.15, 0.2) is 58.1 Å². The first-order valence-corrected chi connectivity index (χ1v) is 8.76. The van der Waals surface area contributed by atoms with Crippen LogP contribution < -0.4 is 15.1 Å². The summed E-state index contributed by atoms with van der Waals surface area (Å²) in [4.78, 5) is 13.7. The number of carbonyl (C=O) groups is 1. The highest BCUT2D eigenvalue weighted by molar-refractivity contribution is 9.10. The number of hydrogen-bond donors (Lipinski definition) is 1. The maximum absolute atomic E-state index is 11.7. The Morgan fingerprint density at radius 2 is 2.12 bits per heavy atom. The minimum atomic E-state index is -0.339. The smallest absolute Gasteiger partial charge is 0.277 e. The van der Waals surface area contributed by atoms with E-state index in [9.17, 15) is 4.79 Å². The Kier molecular flexibility index (Phi) is 7.65. The highest BCUT2D eigenvalue weighted by atomic mass is 79.9. The zero-order chi connectivity index (χ0) is 18.8. The van der Waals surface area contributed by atoms with E-state index in [1.165, 1.54) is 0 Å². The third kappa shape index (κ3) is 6.57. The van der Waals surface area contributed by atoms with Gasteiger partial charge in [-0.25, -0.2) is 5.43 Å². The van der Waals surface area contributed by atoms with Crippen LogP contribution in [0.25, 0.3) is 0 Å². The number of benzene rings is 2. The fourth-order valence-electron chi connectivity index (χ4n) is 2.08. The molecule has 6 nitrogen and oxygen atoms in total. The molecular formula is C19H19BrN4O2. The maximum atomic E-state index is 11.7.